The SMILES string of the molecule is C=CCNC(=O)c1ccc(Cn2cc(Cl)cn2)o1. The van der Waals surface area contributed by atoms with Gasteiger partial charge in [-0.1, -0.05) is 17.7 Å². The van der Waals surface area contributed by atoms with Gasteiger partial charge in [0.15, 0.2) is 5.76 Å². The van der Waals surface area contributed by atoms with Crippen molar-refractivity contribution in [2.24, 2.45) is 0 Å². The van der Waals surface area contributed by atoms with Gasteiger partial charge in [-0.05, 0) is 12.1 Å². The maximum absolute atomic E-state index is 11.6. The quantitative estimate of drug-likeness (QED) is 0.842. The Morgan fingerprint density at radius 1 is 1.61 bits per heavy atom. The van der Waals surface area contributed by atoms with Crippen LogP contribution in [-0.4, -0.2) is 22.2 Å². The number of carbonyl (C=O) groups is 1. The summed E-state index contributed by atoms with van der Waals surface area (Å²) in [6.45, 7) is 4.36. The van der Waals surface area contributed by atoms with Gasteiger partial charge in [-0.2, -0.15) is 5.10 Å². The number of carbonyl (C=O) groups excluding carboxylic acids is 1. The lowest BCUT2D eigenvalue weighted by Crippen LogP contribution is -2.22. The molecule has 2 aromatic rings. The van der Waals surface area contributed by atoms with Crippen LogP contribution in [0.4, 0.5) is 0 Å². The van der Waals surface area contributed by atoms with Gasteiger partial charge in [0.1, 0.15) is 5.76 Å². The predicted octanol–water partition coefficient (Wildman–Crippen LogP) is 2.09. The van der Waals surface area contributed by atoms with Crippen LogP contribution < -0.4 is 5.32 Å². The summed E-state index contributed by atoms with van der Waals surface area (Å²) in [5, 5.41) is 7.22. The normalized spacial score (nSPS) is 10.3. The smallest absolute Gasteiger partial charge is 0.287 e. The lowest BCUT2D eigenvalue weighted by molar-refractivity contribution is 0.0928. The molecule has 0 aliphatic carbocycles. The van der Waals surface area contributed by atoms with Gasteiger partial charge < -0.3 is 9.73 Å². The highest BCUT2D eigenvalue weighted by atomic mass is 35.5. The zero-order valence-electron chi connectivity index (χ0n) is 9.60. The summed E-state index contributed by atoms with van der Waals surface area (Å²) in [4.78, 5) is 11.6. The van der Waals surface area contributed by atoms with E-state index in [1.165, 1.54) is 0 Å². The molecule has 2 heterocycles. The monoisotopic (exact) mass is 265 g/mol. The average Bonchev–Trinajstić information content (AvgIpc) is 2.96. The number of amides is 1. The summed E-state index contributed by atoms with van der Waals surface area (Å²) in [6.07, 6.45) is 4.83. The molecular formula is C12H12ClN3O2. The van der Waals surface area contributed by atoms with Gasteiger partial charge in [0.25, 0.3) is 5.91 Å². The summed E-state index contributed by atoms with van der Waals surface area (Å²) in [7, 11) is 0. The topological polar surface area (TPSA) is 60.1 Å². The lowest BCUT2D eigenvalue weighted by Gasteiger charge is -1.99. The van der Waals surface area contributed by atoms with Gasteiger partial charge in [0, 0.05) is 12.7 Å². The number of furan rings is 1. The Hall–Kier alpha value is -2.01. The molecule has 0 aromatic carbocycles. The van der Waals surface area contributed by atoms with Crippen molar-refractivity contribution >= 4 is 17.5 Å². The highest BCUT2D eigenvalue weighted by Crippen LogP contribution is 2.11. The van der Waals surface area contributed by atoms with Crippen molar-refractivity contribution in [3.8, 4) is 0 Å². The van der Waals surface area contributed by atoms with E-state index in [4.69, 9.17) is 16.0 Å². The van der Waals surface area contributed by atoms with E-state index in [9.17, 15) is 4.79 Å². The maximum Gasteiger partial charge on any atom is 0.287 e. The van der Waals surface area contributed by atoms with E-state index in [0.29, 0.717) is 23.9 Å². The molecule has 0 atom stereocenters. The second-order valence-corrected chi connectivity index (χ2v) is 4.06. The van der Waals surface area contributed by atoms with Crippen molar-refractivity contribution in [3.63, 3.8) is 0 Å². The summed E-state index contributed by atoms with van der Waals surface area (Å²) in [5.74, 6) is 0.642. The standard InChI is InChI=1S/C12H12ClN3O2/c1-2-5-14-12(17)11-4-3-10(18-11)8-16-7-9(13)6-15-16/h2-4,6-7H,1,5,8H2,(H,14,17). The van der Waals surface area contributed by atoms with E-state index < -0.39 is 0 Å². The second-order valence-electron chi connectivity index (χ2n) is 3.62. The number of nitrogens with zero attached hydrogens (tertiary/aromatic N) is 2. The molecule has 2 rings (SSSR count). The number of halogens is 1. The Labute approximate surface area is 109 Å². The molecule has 2 aromatic heterocycles. The van der Waals surface area contributed by atoms with Gasteiger partial charge in [0.2, 0.25) is 0 Å². The van der Waals surface area contributed by atoms with E-state index in [1.54, 1.807) is 35.3 Å². The Kier molecular flexibility index (Phi) is 3.84. The van der Waals surface area contributed by atoms with Crippen molar-refractivity contribution in [2.45, 2.75) is 6.54 Å². The fourth-order valence-corrected chi connectivity index (χ4v) is 1.58. The molecule has 0 unspecified atom stereocenters. The second kappa shape index (κ2) is 5.55. The molecule has 0 spiro atoms. The van der Waals surface area contributed by atoms with Crippen molar-refractivity contribution < 1.29 is 9.21 Å². The van der Waals surface area contributed by atoms with Crippen molar-refractivity contribution in [3.05, 3.63) is 53.7 Å². The summed E-state index contributed by atoms with van der Waals surface area (Å²) < 4.78 is 7.04. The van der Waals surface area contributed by atoms with Crippen LogP contribution in [0.2, 0.25) is 5.02 Å². The summed E-state index contributed by atoms with van der Waals surface area (Å²) in [6, 6.07) is 3.36. The number of hydrogen-bond acceptors (Lipinski definition) is 3. The first kappa shape index (κ1) is 12.4. The molecule has 0 aliphatic heterocycles. The molecule has 0 aliphatic rings. The number of nitrogens with one attached hydrogen (secondary N) is 1. The summed E-state index contributed by atoms with van der Waals surface area (Å²) in [5.41, 5.74) is 0. The molecule has 5 nitrogen and oxygen atoms in total. The first-order valence-electron chi connectivity index (χ1n) is 5.35. The minimum Gasteiger partial charge on any atom is -0.454 e. The molecule has 94 valence electrons. The number of aromatic nitrogens is 2. The van der Waals surface area contributed by atoms with E-state index in [0.717, 1.165) is 0 Å². The minimum absolute atomic E-state index is 0.264. The largest absolute Gasteiger partial charge is 0.454 e. The predicted molar refractivity (Wildman–Crippen MR) is 67.6 cm³/mol. The Morgan fingerprint density at radius 3 is 3.11 bits per heavy atom. The molecule has 1 amide bonds. The van der Waals surface area contributed by atoms with E-state index in [1.807, 2.05) is 0 Å². The van der Waals surface area contributed by atoms with Crippen molar-refractivity contribution in [1.29, 1.82) is 0 Å². The Bertz CT molecular complexity index is 559. The minimum atomic E-state index is -0.264. The van der Waals surface area contributed by atoms with Crippen LogP contribution >= 0.6 is 11.6 Å². The van der Waals surface area contributed by atoms with Gasteiger partial charge in [-0.25, -0.2) is 0 Å². The molecule has 18 heavy (non-hydrogen) atoms. The first-order chi connectivity index (χ1) is 8.69. The molecular weight excluding hydrogens is 254 g/mol. The third-order valence-corrected chi connectivity index (χ3v) is 2.41. The molecule has 0 saturated carbocycles. The van der Waals surface area contributed by atoms with E-state index in [2.05, 4.69) is 17.0 Å². The van der Waals surface area contributed by atoms with Crippen LogP contribution in [-0.2, 0) is 6.54 Å². The van der Waals surface area contributed by atoms with Crippen LogP contribution in [0.3, 0.4) is 0 Å². The van der Waals surface area contributed by atoms with Crippen LogP contribution in [0.15, 0.2) is 41.6 Å². The van der Waals surface area contributed by atoms with Crippen molar-refractivity contribution in [2.75, 3.05) is 6.54 Å². The van der Waals surface area contributed by atoms with Crippen molar-refractivity contribution in [1.82, 2.24) is 15.1 Å². The fourth-order valence-electron chi connectivity index (χ4n) is 1.42. The molecule has 1 N–H and O–H groups in total. The molecule has 0 saturated heterocycles. The Morgan fingerprint density at radius 2 is 2.44 bits per heavy atom. The van der Waals surface area contributed by atoms with Crippen LogP contribution in [0, 0.1) is 0 Å². The van der Waals surface area contributed by atoms with Gasteiger partial charge in [-0.15, -0.1) is 6.58 Å². The van der Waals surface area contributed by atoms with Gasteiger partial charge in [0.05, 0.1) is 17.8 Å². The number of rotatable bonds is 5. The third kappa shape index (κ3) is 3.01. The molecule has 0 radical (unpaired) electrons. The third-order valence-electron chi connectivity index (χ3n) is 2.21. The van der Waals surface area contributed by atoms with Gasteiger partial charge in [-0.3, -0.25) is 9.48 Å². The molecule has 6 heteroatoms. The zero-order valence-corrected chi connectivity index (χ0v) is 10.4. The first-order valence-corrected chi connectivity index (χ1v) is 5.72. The maximum atomic E-state index is 11.6. The van der Waals surface area contributed by atoms with Crippen LogP contribution in [0.1, 0.15) is 16.3 Å². The lowest BCUT2D eigenvalue weighted by atomic mass is 10.4. The van der Waals surface area contributed by atoms with E-state index >= 15 is 0 Å². The van der Waals surface area contributed by atoms with E-state index in [-0.39, 0.29) is 11.7 Å². The van der Waals surface area contributed by atoms with Crippen LogP contribution in [0.25, 0.3) is 0 Å². The molecule has 0 bridgehead atoms. The summed E-state index contributed by atoms with van der Waals surface area (Å²) >= 11 is 5.75. The highest BCUT2D eigenvalue weighted by Gasteiger charge is 2.10. The zero-order chi connectivity index (χ0) is 13.0. The highest BCUT2D eigenvalue weighted by molar-refractivity contribution is 6.30. The fraction of sp³-hybridized carbons (Fsp3) is 0.167. The number of hydrogen-bond donors (Lipinski definition) is 1. The molecule has 0 fully saturated rings. The van der Waals surface area contributed by atoms with Crippen LogP contribution in [0.5, 0.6) is 0 Å². The Balaban J connectivity index is 2.01. The van der Waals surface area contributed by atoms with Gasteiger partial charge >= 0.3 is 0 Å². The average molecular weight is 266 g/mol.